The molecule has 0 aliphatic heterocycles. The maximum Gasteiger partial charge on any atom is 0.234 e. The lowest BCUT2D eigenvalue weighted by atomic mass is 10.1. The summed E-state index contributed by atoms with van der Waals surface area (Å²) in [4.78, 5) is 25.8. The van der Waals surface area contributed by atoms with Crippen LogP contribution in [0.4, 0.5) is 0 Å². The van der Waals surface area contributed by atoms with Crippen molar-refractivity contribution in [1.29, 1.82) is 0 Å². The van der Waals surface area contributed by atoms with Gasteiger partial charge >= 0.3 is 0 Å². The molecule has 1 heterocycles. The smallest absolute Gasteiger partial charge is 0.234 e. The van der Waals surface area contributed by atoms with Crippen LogP contribution >= 0.6 is 0 Å². The third-order valence-electron chi connectivity index (χ3n) is 3.59. The number of carbonyl (C=O) groups is 2. The lowest BCUT2D eigenvalue weighted by molar-refractivity contribution is -0.125. The molecule has 0 aliphatic carbocycles. The number of likely N-dealkylation sites (N-methyl/N-ethyl adjacent to an activating group) is 1. The van der Waals surface area contributed by atoms with E-state index in [0.29, 0.717) is 5.76 Å². The fourth-order valence-electron chi connectivity index (χ4n) is 2.58. The Morgan fingerprint density at radius 3 is 2.44 bits per heavy atom. The van der Waals surface area contributed by atoms with Gasteiger partial charge in [0.15, 0.2) is 0 Å². The number of nitrogens with zero attached hydrogens (tertiary/aromatic N) is 1. The summed E-state index contributed by atoms with van der Waals surface area (Å²) in [5.74, 6) is 0.454. The molecular weight excluding hydrogens is 318 g/mol. The van der Waals surface area contributed by atoms with Gasteiger partial charge in [-0.3, -0.25) is 14.5 Å². The molecule has 0 saturated carbocycles. The van der Waals surface area contributed by atoms with Gasteiger partial charge in [-0.15, -0.1) is 0 Å². The summed E-state index contributed by atoms with van der Waals surface area (Å²) in [6.07, 6.45) is 0. The first-order valence-corrected chi connectivity index (χ1v) is 8.41. The minimum Gasteiger partial charge on any atom is -0.459 e. The number of rotatable bonds is 6. The summed E-state index contributed by atoms with van der Waals surface area (Å²) >= 11 is 0. The third kappa shape index (κ3) is 5.90. The van der Waals surface area contributed by atoms with Gasteiger partial charge in [-0.1, -0.05) is 18.2 Å². The number of hydrogen-bond acceptors (Lipinski definition) is 4. The predicted molar refractivity (Wildman–Crippen MR) is 98.2 cm³/mol. The molecule has 25 heavy (non-hydrogen) atoms. The molecule has 0 aliphatic rings. The molecule has 2 N–H and O–H groups in total. The Hall–Kier alpha value is -2.34. The lowest BCUT2D eigenvalue weighted by Gasteiger charge is -2.23. The van der Waals surface area contributed by atoms with E-state index < -0.39 is 0 Å². The molecule has 0 bridgehead atoms. The van der Waals surface area contributed by atoms with Crippen LogP contribution in [0.3, 0.4) is 0 Å². The second-order valence-electron chi connectivity index (χ2n) is 7.45. The fraction of sp³-hybridized carbons (Fsp3) is 0.474. The maximum absolute atomic E-state index is 12.2. The first kappa shape index (κ1) is 19.0. The van der Waals surface area contributed by atoms with Crippen LogP contribution in [0.5, 0.6) is 0 Å². The number of furan rings is 1. The fourth-order valence-corrected chi connectivity index (χ4v) is 2.58. The number of para-hydroxylation sites is 1. The van der Waals surface area contributed by atoms with Crippen LogP contribution in [0.1, 0.15) is 39.5 Å². The number of fused-ring (bicyclic) bond motifs is 1. The van der Waals surface area contributed by atoms with Crippen LogP contribution in [0.2, 0.25) is 0 Å². The Kier molecular flexibility index (Phi) is 5.85. The molecular formula is C19H27N3O3. The van der Waals surface area contributed by atoms with E-state index >= 15 is 0 Å². The summed E-state index contributed by atoms with van der Waals surface area (Å²) in [6, 6.07) is 9.42. The quantitative estimate of drug-likeness (QED) is 0.843. The third-order valence-corrected chi connectivity index (χ3v) is 3.59. The minimum absolute atomic E-state index is 0.104. The second kappa shape index (κ2) is 7.70. The predicted octanol–water partition coefficient (Wildman–Crippen LogP) is 2.46. The summed E-state index contributed by atoms with van der Waals surface area (Å²) in [5, 5.41) is 6.79. The van der Waals surface area contributed by atoms with Crippen molar-refractivity contribution in [3.63, 3.8) is 0 Å². The van der Waals surface area contributed by atoms with Crippen molar-refractivity contribution in [1.82, 2.24) is 15.5 Å². The Bertz CT molecular complexity index is 713. The first-order chi connectivity index (χ1) is 11.6. The maximum atomic E-state index is 12.2. The van der Waals surface area contributed by atoms with Crippen molar-refractivity contribution < 1.29 is 14.0 Å². The van der Waals surface area contributed by atoms with E-state index in [9.17, 15) is 9.59 Å². The zero-order valence-electron chi connectivity index (χ0n) is 15.6. The monoisotopic (exact) mass is 345 g/mol. The van der Waals surface area contributed by atoms with Crippen molar-refractivity contribution in [2.24, 2.45) is 0 Å². The van der Waals surface area contributed by atoms with Crippen molar-refractivity contribution in [3.05, 3.63) is 36.1 Å². The van der Waals surface area contributed by atoms with Crippen LogP contribution < -0.4 is 10.6 Å². The van der Waals surface area contributed by atoms with Crippen molar-refractivity contribution in [2.75, 3.05) is 20.1 Å². The first-order valence-electron chi connectivity index (χ1n) is 8.41. The highest BCUT2D eigenvalue weighted by molar-refractivity contribution is 5.82. The SMILES string of the molecule is C[C@H](NC(=O)CN(C)CC(=O)NC(C)(C)C)c1cc2ccccc2o1. The van der Waals surface area contributed by atoms with Gasteiger partial charge < -0.3 is 15.1 Å². The van der Waals surface area contributed by atoms with Crippen LogP contribution in [-0.2, 0) is 9.59 Å². The molecule has 1 aromatic carbocycles. The van der Waals surface area contributed by atoms with E-state index in [1.807, 2.05) is 58.0 Å². The highest BCUT2D eigenvalue weighted by Gasteiger charge is 2.18. The summed E-state index contributed by atoms with van der Waals surface area (Å²) in [7, 11) is 1.74. The van der Waals surface area contributed by atoms with E-state index in [-0.39, 0.29) is 36.5 Å². The summed E-state index contributed by atoms with van der Waals surface area (Å²) < 4.78 is 5.76. The molecule has 6 heteroatoms. The molecule has 2 aromatic rings. The van der Waals surface area contributed by atoms with Gasteiger partial charge in [0.05, 0.1) is 19.1 Å². The zero-order chi connectivity index (χ0) is 18.6. The second-order valence-corrected chi connectivity index (χ2v) is 7.45. The van der Waals surface area contributed by atoms with Gasteiger partial charge in [0.1, 0.15) is 11.3 Å². The van der Waals surface area contributed by atoms with E-state index in [1.165, 1.54) is 0 Å². The normalized spacial score (nSPS) is 13.0. The van der Waals surface area contributed by atoms with Crippen LogP contribution in [0, 0.1) is 0 Å². The topological polar surface area (TPSA) is 74.6 Å². The molecule has 1 aromatic heterocycles. The zero-order valence-corrected chi connectivity index (χ0v) is 15.6. The van der Waals surface area contributed by atoms with Gasteiger partial charge in [0.2, 0.25) is 11.8 Å². The van der Waals surface area contributed by atoms with E-state index in [1.54, 1.807) is 11.9 Å². The number of hydrogen-bond donors (Lipinski definition) is 2. The molecule has 1 atom stereocenters. The Morgan fingerprint density at radius 1 is 1.16 bits per heavy atom. The molecule has 2 amide bonds. The van der Waals surface area contributed by atoms with Gasteiger partial charge in [0, 0.05) is 10.9 Å². The molecule has 6 nitrogen and oxygen atoms in total. The highest BCUT2D eigenvalue weighted by Crippen LogP contribution is 2.23. The molecule has 0 fully saturated rings. The number of carbonyl (C=O) groups excluding carboxylic acids is 2. The molecule has 0 radical (unpaired) electrons. The van der Waals surface area contributed by atoms with Crippen molar-refractivity contribution >= 4 is 22.8 Å². The molecule has 0 spiro atoms. The Morgan fingerprint density at radius 2 is 1.80 bits per heavy atom. The molecule has 2 rings (SSSR count). The largest absolute Gasteiger partial charge is 0.459 e. The Labute approximate surface area is 148 Å². The van der Waals surface area contributed by atoms with Gasteiger partial charge in [0.25, 0.3) is 0 Å². The summed E-state index contributed by atoms with van der Waals surface area (Å²) in [5.41, 5.74) is 0.519. The molecule has 0 saturated heterocycles. The molecule has 0 unspecified atom stereocenters. The van der Waals surface area contributed by atoms with Crippen LogP contribution in [0.25, 0.3) is 11.0 Å². The van der Waals surface area contributed by atoms with Gasteiger partial charge in [-0.2, -0.15) is 0 Å². The average Bonchev–Trinajstić information content (AvgIpc) is 2.88. The lowest BCUT2D eigenvalue weighted by Crippen LogP contribution is -2.47. The van der Waals surface area contributed by atoms with Gasteiger partial charge in [-0.05, 0) is 46.9 Å². The highest BCUT2D eigenvalue weighted by atomic mass is 16.3. The van der Waals surface area contributed by atoms with Crippen molar-refractivity contribution in [3.8, 4) is 0 Å². The van der Waals surface area contributed by atoms with E-state index in [0.717, 1.165) is 11.0 Å². The summed E-state index contributed by atoms with van der Waals surface area (Å²) in [6.45, 7) is 7.96. The average molecular weight is 345 g/mol. The van der Waals surface area contributed by atoms with E-state index in [4.69, 9.17) is 4.42 Å². The van der Waals surface area contributed by atoms with Crippen LogP contribution in [0.15, 0.2) is 34.7 Å². The standard InChI is InChI=1S/C19H27N3O3/c1-13(16-10-14-8-6-7-9-15(14)25-16)20-17(23)11-22(5)12-18(24)21-19(2,3)4/h6-10,13H,11-12H2,1-5H3,(H,20,23)(H,21,24)/t13-/m0/s1. The van der Waals surface area contributed by atoms with Crippen molar-refractivity contribution in [2.45, 2.75) is 39.3 Å². The minimum atomic E-state index is -0.282. The van der Waals surface area contributed by atoms with E-state index in [2.05, 4.69) is 10.6 Å². The molecule has 136 valence electrons. The number of benzene rings is 1. The Balaban J connectivity index is 1.85. The van der Waals surface area contributed by atoms with Crippen LogP contribution in [-0.4, -0.2) is 42.4 Å². The number of nitrogens with one attached hydrogen (secondary N) is 2. The van der Waals surface area contributed by atoms with Gasteiger partial charge in [-0.25, -0.2) is 0 Å². The number of amides is 2.